The average Bonchev–Trinajstić information content (AvgIpc) is 2.75. The smallest absolute Gasteiger partial charge is 0.237 e. The van der Waals surface area contributed by atoms with Gasteiger partial charge in [0, 0.05) is 30.1 Å². The molecule has 0 spiro atoms. The maximum absolute atomic E-state index is 12.5. The third-order valence-electron chi connectivity index (χ3n) is 4.75. The summed E-state index contributed by atoms with van der Waals surface area (Å²) < 4.78 is 0. The second kappa shape index (κ2) is 8.28. The van der Waals surface area contributed by atoms with Crippen LogP contribution in [0.4, 0.5) is 0 Å². The number of amides is 1. The maximum atomic E-state index is 12.5. The standard InChI is InChI=1S/C16H30N2OS/c1-3-15-12-18(10-11-20-15)13(2)16(19)17-14-8-6-4-5-7-9-14/h13-15H,3-12H2,1-2H3,(H,17,19)/t13-,15+/m0/s1. The molecule has 2 atom stereocenters. The van der Waals surface area contributed by atoms with Crippen molar-refractivity contribution >= 4 is 17.7 Å². The van der Waals surface area contributed by atoms with E-state index in [4.69, 9.17) is 0 Å². The number of thioether (sulfide) groups is 1. The van der Waals surface area contributed by atoms with Gasteiger partial charge in [0.2, 0.25) is 5.91 Å². The summed E-state index contributed by atoms with van der Waals surface area (Å²) in [5, 5.41) is 4.01. The van der Waals surface area contributed by atoms with Crippen LogP contribution in [0, 0.1) is 0 Å². The Hall–Kier alpha value is -0.220. The first kappa shape index (κ1) is 16.2. The fraction of sp³-hybridized carbons (Fsp3) is 0.938. The third kappa shape index (κ3) is 4.66. The molecule has 1 amide bonds. The Bertz CT molecular complexity index is 303. The summed E-state index contributed by atoms with van der Waals surface area (Å²) in [7, 11) is 0. The molecule has 2 aliphatic rings. The van der Waals surface area contributed by atoms with Gasteiger partial charge in [-0.2, -0.15) is 11.8 Å². The van der Waals surface area contributed by atoms with Gasteiger partial charge in [0.05, 0.1) is 6.04 Å². The molecule has 4 heteroatoms. The first-order valence-electron chi connectivity index (χ1n) is 8.36. The van der Waals surface area contributed by atoms with Crippen molar-refractivity contribution < 1.29 is 4.79 Å². The summed E-state index contributed by atoms with van der Waals surface area (Å²) in [6, 6.07) is 0.460. The topological polar surface area (TPSA) is 32.3 Å². The molecule has 3 nitrogen and oxygen atoms in total. The van der Waals surface area contributed by atoms with Gasteiger partial charge in [0.15, 0.2) is 0 Å². The van der Waals surface area contributed by atoms with Gasteiger partial charge < -0.3 is 5.32 Å². The van der Waals surface area contributed by atoms with Gasteiger partial charge in [-0.15, -0.1) is 0 Å². The Morgan fingerprint density at radius 2 is 2.00 bits per heavy atom. The Kier molecular flexibility index (Phi) is 6.69. The average molecular weight is 298 g/mol. The molecular weight excluding hydrogens is 268 g/mol. The maximum Gasteiger partial charge on any atom is 0.237 e. The fourth-order valence-electron chi connectivity index (χ4n) is 3.25. The zero-order chi connectivity index (χ0) is 14.4. The molecular formula is C16H30N2OS. The minimum Gasteiger partial charge on any atom is -0.352 e. The second-order valence-corrected chi connectivity index (χ2v) is 7.68. The monoisotopic (exact) mass is 298 g/mol. The van der Waals surface area contributed by atoms with Gasteiger partial charge in [0.1, 0.15) is 0 Å². The van der Waals surface area contributed by atoms with Gasteiger partial charge in [0.25, 0.3) is 0 Å². The SMILES string of the molecule is CC[C@@H]1CN([C@@H](C)C(=O)NC2CCCCCC2)CCS1. The van der Waals surface area contributed by atoms with Crippen LogP contribution in [0.15, 0.2) is 0 Å². The largest absolute Gasteiger partial charge is 0.352 e. The summed E-state index contributed by atoms with van der Waals surface area (Å²) in [6.45, 7) is 6.45. The highest BCUT2D eigenvalue weighted by molar-refractivity contribution is 8.00. The lowest BCUT2D eigenvalue weighted by molar-refractivity contribution is -0.126. The van der Waals surface area contributed by atoms with Crippen molar-refractivity contribution in [3.05, 3.63) is 0 Å². The molecule has 0 aromatic rings. The van der Waals surface area contributed by atoms with Crippen LogP contribution in [0.1, 0.15) is 58.8 Å². The Labute approximate surface area is 128 Å². The summed E-state index contributed by atoms with van der Waals surface area (Å²) in [5.41, 5.74) is 0. The van der Waals surface area contributed by atoms with E-state index in [2.05, 4.69) is 35.8 Å². The van der Waals surface area contributed by atoms with Crippen molar-refractivity contribution in [3.8, 4) is 0 Å². The van der Waals surface area contributed by atoms with Gasteiger partial charge in [-0.05, 0) is 26.2 Å². The van der Waals surface area contributed by atoms with Gasteiger partial charge in [-0.3, -0.25) is 9.69 Å². The van der Waals surface area contributed by atoms with Crippen LogP contribution in [0.2, 0.25) is 0 Å². The van der Waals surface area contributed by atoms with E-state index in [-0.39, 0.29) is 11.9 Å². The van der Waals surface area contributed by atoms with Gasteiger partial charge >= 0.3 is 0 Å². The molecule has 0 aromatic heterocycles. The number of nitrogens with one attached hydrogen (secondary N) is 1. The van der Waals surface area contributed by atoms with Crippen LogP contribution in [0.5, 0.6) is 0 Å². The van der Waals surface area contributed by atoms with E-state index >= 15 is 0 Å². The van der Waals surface area contributed by atoms with E-state index < -0.39 is 0 Å². The molecule has 116 valence electrons. The molecule has 1 saturated heterocycles. The molecule has 0 radical (unpaired) electrons. The zero-order valence-electron chi connectivity index (χ0n) is 13.1. The van der Waals surface area contributed by atoms with Crippen LogP contribution in [0.25, 0.3) is 0 Å². The van der Waals surface area contributed by atoms with E-state index in [1.165, 1.54) is 50.7 Å². The molecule has 0 bridgehead atoms. The molecule has 1 N–H and O–H groups in total. The van der Waals surface area contributed by atoms with Crippen molar-refractivity contribution in [2.24, 2.45) is 0 Å². The van der Waals surface area contributed by atoms with Gasteiger partial charge in [-0.25, -0.2) is 0 Å². The highest BCUT2D eigenvalue weighted by atomic mass is 32.2. The number of hydrogen-bond acceptors (Lipinski definition) is 3. The highest BCUT2D eigenvalue weighted by Crippen LogP contribution is 2.23. The number of carbonyl (C=O) groups excluding carboxylic acids is 1. The summed E-state index contributed by atoms with van der Waals surface area (Å²) in [5.74, 6) is 1.41. The third-order valence-corrected chi connectivity index (χ3v) is 6.13. The van der Waals surface area contributed by atoms with Crippen molar-refractivity contribution in [1.29, 1.82) is 0 Å². The van der Waals surface area contributed by atoms with E-state index in [0.29, 0.717) is 11.3 Å². The summed E-state index contributed by atoms with van der Waals surface area (Å²) >= 11 is 2.06. The highest BCUT2D eigenvalue weighted by Gasteiger charge is 2.28. The lowest BCUT2D eigenvalue weighted by Crippen LogP contribution is -2.52. The predicted octanol–water partition coefficient (Wildman–Crippen LogP) is 3.04. The molecule has 1 saturated carbocycles. The minimum absolute atomic E-state index is 0.0354. The van der Waals surface area contributed by atoms with Crippen LogP contribution in [-0.4, -0.2) is 47.0 Å². The summed E-state index contributed by atoms with van der Waals surface area (Å²) in [4.78, 5) is 14.8. The molecule has 0 aromatic carbocycles. The molecule has 1 heterocycles. The lowest BCUT2D eigenvalue weighted by atomic mass is 10.1. The number of carbonyl (C=O) groups is 1. The fourth-order valence-corrected chi connectivity index (χ4v) is 4.46. The number of hydrogen-bond donors (Lipinski definition) is 1. The van der Waals surface area contributed by atoms with E-state index in [9.17, 15) is 4.79 Å². The van der Waals surface area contributed by atoms with Gasteiger partial charge in [-0.1, -0.05) is 32.6 Å². The van der Waals surface area contributed by atoms with E-state index in [1.807, 2.05) is 0 Å². The second-order valence-electron chi connectivity index (χ2n) is 6.27. The Morgan fingerprint density at radius 3 is 2.65 bits per heavy atom. The minimum atomic E-state index is 0.0354. The van der Waals surface area contributed by atoms with Crippen molar-refractivity contribution in [3.63, 3.8) is 0 Å². The van der Waals surface area contributed by atoms with E-state index in [0.717, 1.165) is 13.1 Å². The van der Waals surface area contributed by atoms with Crippen LogP contribution in [0.3, 0.4) is 0 Å². The van der Waals surface area contributed by atoms with Crippen LogP contribution >= 0.6 is 11.8 Å². The zero-order valence-corrected chi connectivity index (χ0v) is 13.9. The van der Waals surface area contributed by atoms with Crippen molar-refractivity contribution in [2.75, 3.05) is 18.8 Å². The molecule has 0 unspecified atom stereocenters. The normalized spacial score (nSPS) is 27.8. The Balaban J connectivity index is 1.81. The summed E-state index contributed by atoms with van der Waals surface area (Å²) in [6.07, 6.45) is 8.78. The van der Waals surface area contributed by atoms with E-state index in [1.54, 1.807) is 0 Å². The predicted molar refractivity (Wildman–Crippen MR) is 87.2 cm³/mol. The molecule has 2 rings (SSSR count). The molecule has 1 aliphatic heterocycles. The Morgan fingerprint density at radius 1 is 1.30 bits per heavy atom. The van der Waals surface area contributed by atoms with Crippen molar-refractivity contribution in [1.82, 2.24) is 10.2 Å². The quantitative estimate of drug-likeness (QED) is 0.810. The molecule has 1 aliphatic carbocycles. The number of rotatable bonds is 4. The molecule has 20 heavy (non-hydrogen) atoms. The first-order valence-corrected chi connectivity index (χ1v) is 9.41. The molecule has 2 fully saturated rings. The first-order chi connectivity index (χ1) is 9.70. The lowest BCUT2D eigenvalue weighted by Gasteiger charge is -2.36. The van der Waals surface area contributed by atoms with Crippen LogP contribution < -0.4 is 5.32 Å². The number of nitrogens with zero attached hydrogens (tertiary/aromatic N) is 1. The van der Waals surface area contributed by atoms with Crippen LogP contribution in [-0.2, 0) is 4.79 Å². The van der Waals surface area contributed by atoms with Crippen molar-refractivity contribution in [2.45, 2.75) is 76.1 Å².